The highest BCUT2D eigenvalue weighted by atomic mass is 16.5. The van der Waals surface area contributed by atoms with Crippen molar-refractivity contribution in [2.45, 2.75) is 71.3 Å². The van der Waals surface area contributed by atoms with Gasteiger partial charge in [-0.1, -0.05) is 6.07 Å². The minimum Gasteiger partial charge on any atom is -0.465 e. The molecule has 1 aromatic rings. The van der Waals surface area contributed by atoms with E-state index in [1.807, 2.05) is 19.9 Å². The van der Waals surface area contributed by atoms with Crippen molar-refractivity contribution in [2.24, 2.45) is 0 Å². The molecule has 1 N–H and O–H groups in total. The van der Waals surface area contributed by atoms with Gasteiger partial charge in [-0.25, -0.2) is 4.79 Å². The second-order valence-electron chi connectivity index (χ2n) is 8.66. The summed E-state index contributed by atoms with van der Waals surface area (Å²) >= 11 is 0. The van der Waals surface area contributed by atoms with Crippen molar-refractivity contribution in [1.82, 2.24) is 0 Å². The molecule has 0 unspecified atom stereocenters. The number of carbonyl (C=O) groups is 2. The second-order valence-corrected chi connectivity index (χ2v) is 8.66. The number of nitrogens with one attached hydrogen (secondary N) is 1. The average Bonchev–Trinajstić information content (AvgIpc) is 2.88. The van der Waals surface area contributed by atoms with Gasteiger partial charge in [0.1, 0.15) is 0 Å². The lowest BCUT2D eigenvalue weighted by Crippen LogP contribution is -2.72. The van der Waals surface area contributed by atoms with Crippen LogP contribution in [0.4, 0.5) is 5.69 Å². The van der Waals surface area contributed by atoms with Crippen molar-refractivity contribution in [2.75, 3.05) is 32.1 Å². The van der Waals surface area contributed by atoms with Gasteiger partial charge in [0.2, 0.25) is 0 Å². The Hall–Kier alpha value is -1.88. The number of methoxy groups -OCH3 is 1. The van der Waals surface area contributed by atoms with Crippen molar-refractivity contribution in [3.8, 4) is 0 Å². The first kappa shape index (κ1) is 20.8. The fraction of sp³-hybridized carbons (Fsp3) is 0.652. The van der Waals surface area contributed by atoms with E-state index >= 15 is 0 Å². The quantitative estimate of drug-likeness (QED) is 0.603. The summed E-state index contributed by atoms with van der Waals surface area (Å²) in [5.41, 5.74) is 2.59. The van der Waals surface area contributed by atoms with Crippen LogP contribution in [0.3, 0.4) is 0 Å². The van der Waals surface area contributed by atoms with Gasteiger partial charge in [-0.05, 0) is 70.1 Å². The third-order valence-corrected chi connectivity index (χ3v) is 7.16. The van der Waals surface area contributed by atoms with Crippen LogP contribution < -0.4 is 5.32 Å². The molecule has 3 rings (SSSR count). The van der Waals surface area contributed by atoms with Crippen molar-refractivity contribution >= 4 is 17.6 Å². The molecule has 1 heterocycles. The predicted molar refractivity (Wildman–Crippen MR) is 111 cm³/mol. The Labute approximate surface area is 169 Å². The molecule has 0 spiro atoms. The maximum Gasteiger partial charge on any atom is 0.339 e. The monoisotopic (exact) mass is 387 g/mol. The lowest BCUT2D eigenvalue weighted by molar-refractivity contribution is -0.970. The van der Waals surface area contributed by atoms with Gasteiger partial charge < -0.3 is 14.5 Å². The van der Waals surface area contributed by atoms with Gasteiger partial charge in [0.15, 0.2) is 5.54 Å². The summed E-state index contributed by atoms with van der Waals surface area (Å²) in [6.07, 6.45) is 7.89. The number of rotatable bonds is 5. The first-order valence-electron chi connectivity index (χ1n) is 10.8. The number of anilines is 1. The Kier molecular flexibility index (Phi) is 6.13. The normalized spacial score (nSPS) is 20.6. The number of likely N-dealkylation sites (tertiary alicyclic amines) is 1. The fourth-order valence-electron chi connectivity index (χ4n) is 5.40. The summed E-state index contributed by atoms with van der Waals surface area (Å²) < 4.78 is 5.87. The molecule has 2 aliphatic rings. The molecule has 1 saturated carbocycles. The van der Waals surface area contributed by atoms with Crippen molar-refractivity contribution in [1.29, 1.82) is 0 Å². The van der Waals surface area contributed by atoms with E-state index in [4.69, 9.17) is 4.74 Å². The number of likely N-dealkylation sites (N-methyl/N-ethyl adjacent to an activating group) is 1. The van der Waals surface area contributed by atoms with Gasteiger partial charge in [0.05, 0.1) is 38.0 Å². The molecule has 0 aromatic heterocycles. The van der Waals surface area contributed by atoms with Crippen LogP contribution in [0.25, 0.3) is 0 Å². The summed E-state index contributed by atoms with van der Waals surface area (Å²) in [6.45, 7) is 9.28. The largest absolute Gasteiger partial charge is 0.465 e. The lowest BCUT2D eigenvalue weighted by atomic mass is 9.72. The van der Waals surface area contributed by atoms with E-state index in [0.717, 1.165) is 54.5 Å². The van der Waals surface area contributed by atoms with Crippen LogP contribution in [0, 0.1) is 13.8 Å². The summed E-state index contributed by atoms with van der Waals surface area (Å²) in [5, 5.41) is 3.19. The summed E-state index contributed by atoms with van der Waals surface area (Å²) in [6, 6.07) is 3.81. The smallest absolute Gasteiger partial charge is 0.339 e. The molecule has 5 heteroatoms. The highest BCUT2D eigenvalue weighted by molar-refractivity contribution is 6.05. The lowest BCUT2D eigenvalue weighted by Gasteiger charge is -2.56. The third-order valence-electron chi connectivity index (χ3n) is 7.16. The van der Waals surface area contributed by atoms with E-state index in [2.05, 4.69) is 12.2 Å². The zero-order chi connectivity index (χ0) is 20.4. The average molecular weight is 388 g/mol. The SMILES string of the molecule is CC[N+]1(C2(C(=O)Nc3c(C)cc(C)cc3C(=O)OC)CCC2)CCCCCC1. The van der Waals surface area contributed by atoms with Crippen molar-refractivity contribution in [3.05, 3.63) is 28.8 Å². The highest BCUT2D eigenvalue weighted by Crippen LogP contribution is 2.45. The molecule has 1 amide bonds. The number of amides is 1. The van der Waals surface area contributed by atoms with E-state index in [1.54, 1.807) is 6.07 Å². The molecule has 1 aliphatic carbocycles. The van der Waals surface area contributed by atoms with E-state index in [0.29, 0.717) is 11.3 Å². The molecule has 1 saturated heterocycles. The first-order valence-corrected chi connectivity index (χ1v) is 10.8. The molecule has 28 heavy (non-hydrogen) atoms. The molecule has 1 aliphatic heterocycles. The number of benzene rings is 1. The number of nitrogens with zero attached hydrogens (tertiary/aromatic N) is 1. The molecule has 2 fully saturated rings. The van der Waals surface area contributed by atoms with Crippen LogP contribution in [-0.4, -0.2) is 48.6 Å². The Bertz CT molecular complexity index is 744. The van der Waals surface area contributed by atoms with Crippen LogP contribution in [-0.2, 0) is 9.53 Å². The maximum absolute atomic E-state index is 13.7. The summed E-state index contributed by atoms with van der Waals surface area (Å²) in [7, 11) is 1.38. The van der Waals surface area contributed by atoms with Gasteiger partial charge in [-0.15, -0.1) is 0 Å². The van der Waals surface area contributed by atoms with Gasteiger partial charge in [0, 0.05) is 12.8 Å². The van der Waals surface area contributed by atoms with Crippen LogP contribution in [0.1, 0.15) is 73.4 Å². The molecule has 1 aromatic carbocycles. The number of carbonyl (C=O) groups excluding carboxylic acids is 2. The van der Waals surface area contributed by atoms with Crippen LogP contribution in [0.15, 0.2) is 12.1 Å². The summed E-state index contributed by atoms with van der Waals surface area (Å²) in [5.74, 6) is -0.321. The Morgan fingerprint density at radius 3 is 2.21 bits per heavy atom. The van der Waals surface area contributed by atoms with Crippen molar-refractivity contribution in [3.63, 3.8) is 0 Å². The van der Waals surface area contributed by atoms with E-state index in [-0.39, 0.29) is 11.4 Å². The summed E-state index contributed by atoms with van der Waals surface area (Å²) in [4.78, 5) is 26.1. The van der Waals surface area contributed by atoms with E-state index < -0.39 is 5.97 Å². The first-order chi connectivity index (χ1) is 13.4. The van der Waals surface area contributed by atoms with Crippen LogP contribution >= 0.6 is 0 Å². The number of quaternary nitrogens is 1. The number of esters is 1. The fourth-order valence-corrected chi connectivity index (χ4v) is 5.40. The number of ether oxygens (including phenoxy) is 1. The van der Waals surface area contributed by atoms with E-state index in [9.17, 15) is 9.59 Å². The van der Waals surface area contributed by atoms with Gasteiger partial charge in [0.25, 0.3) is 5.91 Å². The van der Waals surface area contributed by atoms with E-state index in [1.165, 1.54) is 32.8 Å². The van der Waals surface area contributed by atoms with Crippen molar-refractivity contribution < 1.29 is 18.8 Å². The standard InChI is InChI=1S/C23H34N2O3/c1-5-25(13-8-6-7-9-14-25)23(11-10-12-23)22(27)24-20-18(3)15-17(2)16-19(20)21(26)28-4/h15-16H,5-14H2,1-4H3/p+1. The zero-order valence-corrected chi connectivity index (χ0v) is 17.9. The Morgan fingerprint density at radius 2 is 1.71 bits per heavy atom. The molecule has 5 nitrogen and oxygen atoms in total. The van der Waals surface area contributed by atoms with Crippen LogP contribution in [0.2, 0.25) is 0 Å². The van der Waals surface area contributed by atoms with Gasteiger partial charge >= 0.3 is 5.97 Å². The molecule has 0 atom stereocenters. The second kappa shape index (κ2) is 8.24. The number of hydrogen-bond donors (Lipinski definition) is 1. The molecular weight excluding hydrogens is 352 g/mol. The van der Waals surface area contributed by atoms with Crippen LogP contribution in [0.5, 0.6) is 0 Å². The third kappa shape index (κ3) is 3.45. The van der Waals surface area contributed by atoms with Gasteiger partial charge in [-0.2, -0.15) is 0 Å². The topological polar surface area (TPSA) is 55.4 Å². The maximum atomic E-state index is 13.7. The molecular formula is C23H35N2O3+. The molecule has 0 radical (unpaired) electrons. The highest BCUT2D eigenvalue weighted by Gasteiger charge is 2.59. The Balaban J connectivity index is 1.96. The minimum absolute atomic E-state index is 0.0830. The molecule has 0 bridgehead atoms. The number of aryl methyl sites for hydroxylation is 2. The Morgan fingerprint density at radius 1 is 1.07 bits per heavy atom. The molecule has 154 valence electrons. The predicted octanol–water partition coefficient (Wildman–Crippen LogP) is 4.36. The minimum atomic E-state index is -0.404. The zero-order valence-electron chi connectivity index (χ0n) is 17.9. The van der Waals surface area contributed by atoms with Gasteiger partial charge in [-0.3, -0.25) is 4.79 Å². The number of hydrogen-bond acceptors (Lipinski definition) is 3.